The third kappa shape index (κ3) is 5.56. The average molecular weight is 540 g/mol. The number of aryl methyl sites for hydroxylation is 1. The summed E-state index contributed by atoms with van der Waals surface area (Å²) in [7, 11) is -4.73. The number of carbonyl (C=O) groups excluding carboxylic acids is 1. The predicted octanol–water partition coefficient (Wildman–Crippen LogP) is 6.82. The quantitative estimate of drug-likeness (QED) is 0.174. The molecule has 0 saturated carbocycles. The minimum Gasteiger partial charge on any atom is -0.505 e. The van der Waals surface area contributed by atoms with E-state index in [0.717, 1.165) is 0 Å². The normalized spacial score (nSPS) is 11.7. The summed E-state index contributed by atoms with van der Waals surface area (Å²) in [5.41, 5.74) is 0.531. The standard InChI is InChI=1S/C26H22ClN3O6S/c1-3-36-18-11-9-17(10-12-18)28-26(32)20-14-16-6-4-5-7-19(16)23(24(20)31)30-29-22-15(2)8-13-21(27)25(22)37(33,34)35/h4-14,31H,3H2,1-2H3,(H,28,32)(H,33,34,35). The van der Waals surface area contributed by atoms with E-state index in [2.05, 4.69) is 15.5 Å². The number of phenols is 1. The van der Waals surface area contributed by atoms with Crippen LogP contribution in [-0.4, -0.2) is 30.6 Å². The molecule has 0 spiro atoms. The summed E-state index contributed by atoms with van der Waals surface area (Å²) in [6.45, 7) is 3.94. The molecular weight excluding hydrogens is 518 g/mol. The van der Waals surface area contributed by atoms with Crippen molar-refractivity contribution < 1.29 is 27.6 Å². The number of phenolic OH excluding ortho intramolecular Hbond substituents is 1. The fraction of sp³-hybridized carbons (Fsp3) is 0.115. The van der Waals surface area contributed by atoms with Gasteiger partial charge in [0.15, 0.2) is 5.75 Å². The maximum Gasteiger partial charge on any atom is 0.298 e. The van der Waals surface area contributed by atoms with Gasteiger partial charge in [-0.1, -0.05) is 41.9 Å². The number of ether oxygens (including phenoxy) is 1. The summed E-state index contributed by atoms with van der Waals surface area (Å²) in [6.07, 6.45) is 0. The number of benzene rings is 4. The van der Waals surface area contributed by atoms with Crippen LogP contribution in [0.25, 0.3) is 10.8 Å². The van der Waals surface area contributed by atoms with Crippen molar-refractivity contribution in [1.29, 1.82) is 0 Å². The highest BCUT2D eigenvalue weighted by Crippen LogP contribution is 2.41. The summed E-state index contributed by atoms with van der Waals surface area (Å²) < 4.78 is 39.0. The molecule has 37 heavy (non-hydrogen) atoms. The van der Waals surface area contributed by atoms with Gasteiger partial charge in [-0.3, -0.25) is 9.35 Å². The molecule has 0 aliphatic heterocycles. The second-order valence-electron chi connectivity index (χ2n) is 7.97. The van der Waals surface area contributed by atoms with Crippen LogP contribution in [0.4, 0.5) is 17.1 Å². The average Bonchev–Trinajstić information content (AvgIpc) is 2.85. The molecule has 0 unspecified atom stereocenters. The van der Waals surface area contributed by atoms with Crippen LogP contribution < -0.4 is 10.1 Å². The van der Waals surface area contributed by atoms with Crippen molar-refractivity contribution in [3.05, 3.63) is 82.9 Å². The van der Waals surface area contributed by atoms with Gasteiger partial charge in [-0.15, -0.1) is 10.2 Å². The fourth-order valence-electron chi connectivity index (χ4n) is 3.71. The highest BCUT2D eigenvalue weighted by atomic mass is 35.5. The Morgan fingerprint density at radius 1 is 1.03 bits per heavy atom. The molecule has 9 nitrogen and oxygen atoms in total. The van der Waals surface area contributed by atoms with Crippen LogP contribution in [0.1, 0.15) is 22.8 Å². The molecule has 0 saturated heterocycles. The summed E-state index contributed by atoms with van der Waals surface area (Å²) in [5, 5.41) is 22.7. The summed E-state index contributed by atoms with van der Waals surface area (Å²) in [6, 6.07) is 18.0. The van der Waals surface area contributed by atoms with E-state index < -0.39 is 26.7 Å². The molecule has 0 aliphatic carbocycles. The first kappa shape index (κ1) is 26.1. The molecule has 4 aromatic carbocycles. The molecular formula is C26H22ClN3O6S. The number of amides is 1. The highest BCUT2D eigenvalue weighted by Gasteiger charge is 2.23. The van der Waals surface area contributed by atoms with E-state index >= 15 is 0 Å². The number of nitrogens with zero attached hydrogens (tertiary/aromatic N) is 2. The van der Waals surface area contributed by atoms with E-state index in [1.165, 1.54) is 18.2 Å². The largest absolute Gasteiger partial charge is 0.505 e. The Labute approximate surface area is 218 Å². The predicted molar refractivity (Wildman–Crippen MR) is 141 cm³/mol. The molecule has 4 aromatic rings. The first-order valence-electron chi connectivity index (χ1n) is 11.1. The molecule has 190 valence electrons. The second-order valence-corrected chi connectivity index (χ2v) is 9.74. The van der Waals surface area contributed by atoms with Gasteiger partial charge in [0, 0.05) is 11.1 Å². The lowest BCUT2D eigenvalue weighted by atomic mass is 10.0. The summed E-state index contributed by atoms with van der Waals surface area (Å²) in [5.74, 6) is -0.405. The summed E-state index contributed by atoms with van der Waals surface area (Å²) in [4.78, 5) is 12.5. The first-order valence-corrected chi connectivity index (χ1v) is 12.9. The van der Waals surface area contributed by atoms with Crippen molar-refractivity contribution in [2.24, 2.45) is 10.2 Å². The zero-order valence-electron chi connectivity index (χ0n) is 19.8. The molecule has 0 bridgehead atoms. The van der Waals surface area contributed by atoms with E-state index in [0.29, 0.717) is 34.4 Å². The van der Waals surface area contributed by atoms with Gasteiger partial charge >= 0.3 is 0 Å². The molecule has 0 heterocycles. The molecule has 0 aromatic heterocycles. The second kappa shape index (κ2) is 10.6. The van der Waals surface area contributed by atoms with Crippen LogP contribution in [0.15, 0.2) is 81.9 Å². The third-order valence-electron chi connectivity index (χ3n) is 5.46. The Balaban J connectivity index is 1.80. The zero-order valence-corrected chi connectivity index (χ0v) is 21.3. The van der Waals surface area contributed by atoms with Gasteiger partial charge in [-0.25, -0.2) is 0 Å². The van der Waals surface area contributed by atoms with Gasteiger partial charge in [0.1, 0.15) is 22.0 Å². The molecule has 1 amide bonds. The van der Waals surface area contributed by atoms with Gasteiger partial charge in [0.25, 0.3) is 16.0 Å². The van der Waals surface area contributed by atoms with Crippen molar-refractivity contribution in [3.8, 4) is 11.5 Å². The SMILES string of the molecule is CCOc1ccc(NC(=O)c2cc3ccccc3c(N=Nc3c(C)ccc(Cl)c3S(=O)(=O)O)c2O)cc1. The first-order chi connectivity index (χ1) is 17.6. The Bertz CT molecular complexity index is 1640. The minimum atomic E-state index is -4.73. The van der Waals surface area contributed by atoms with Gasteiger partial charge in [0.05, 0.1) is 17.2 Å². The van der Waals surface area contributed by atoms with E-state index in [1.807, 2.05) is 6.92 Å². The Morgan fingerprint density at radius 2 is 1.70 bits per heavy atom. The van der Waals surface area contributed by atoms with E-state index in [1.54, 1.807) is 55.5 Å². The molecule has 0 radical (unpaired) electrons. The van der Waals surface area contributed by atoms with Crippen LogP contribution in [0, 0.1) is 6.92 Å². The van der Waals surface area contributed by atoms with Crippen LogP contribution >= 0.6 is 11.6 Å². The number of aromatic hydroxyl groups is 1. The van der Waals surface area contributed by atoms with Crippen molar-refractivity contribution >= 4 is 55.5 Å². The number of fused-ring (bicyclic) bond motifs is 1. The molecule has 11 heteroatoms. The molecule has 0 aliphatic rings. The van der Waals surface area contributed by atoms with Crippen LogP contribution in [0.3, 0.4) is 0 Å². The van der Waals surface area contributed by atoms with Gasteiger partial charge in [-0.05, 0) is 61.2 Å². The van der Waals surface area contributed by atoms with Crippen molar-refractivity contribution in [1.82, 2.24) is 0 Å². The lowest BCUT2D eigenvalue weighted by Gasteiger charge is -2.12. The maximum atomic E-state index is 13.1. The van der Waals surface area contributed by atoms with Crippen molar-refractivity contribution in [2.45, 2.75) is 18.7 Å². The van der Waals surface area contributed by atoms with Gasteiger partial charge in [0.2, 0.25) is 0 Å². The van der Waals surface area contributed by atoms with Crippen molar-refractivity contribution in [3.63, 3.8) is 0 Å². The number of hydrogen-bond donors (Lipinski definition) is 3. The van der Waals surface area contributed by atoms with Gasteiger partial charge < -0.3 is 15.2 Å². The van der Waals surface area contributed by atoms with Gasteiger partial charge in [-0.2, -0.15) is 8.42 Å². The maximum absolute atomic E-state index is 13.1. The topological polar surface area (TPSA) is 138 Å². The highest BCUT2D eigenvalue weighted by molar-refractivity contribution is 7.86. The van der Waals surface area contributed by atoms with E-state index in [4.69, 9.17) is 16.3 Å². The number of azo groups is 1. The van der Waals surface area contributed by atoms with Crippen LogP contribution in [-0.2, 0) is 10.1 Å². The number of nitrogens with one attached hydrogen (secondary N) is 1. The fourth-order valence-corrected chi connectivity index (χ4v) is 4.91. The molecule has 3 N–H and O–H groups in total. The van der Waals surface area contributed by atoms with Crippen LogP contribution in [0.2, 0.25) is 5.02 Å². The van der Waals surface area contributed by atoms with Crippen molar-refractivity contribution in [2.75, 3.05) is 11.9 Å². The lowest BCUT2D eigenvalue weighted by molar-refractivity contribution is 0.102. The van der Waals surface area contributed by atoms with E-state index in [9.17, 15) is 22.9 Å². The van der Waals surface area contributed by atoms with Crippen LogP contribution in [0.5, 0.6) is 11.5 Å². The molecule has 4 rings (SSSR count). The number of halogens is 1. The minimum absolute atomic E-state index is 0.0596. The Morgan fingerprint density at radius 3 is 2.38 bits per heavy atom. The number of rotatable bonds is 7. The monoisotopic (exact) mass is 539 g/mol. The molecule has 0 atom stereocenters. The third-order valence-corrected chi connectivity index (χ3v) is 6.81. The molecule has 0 fully saturated rings. The zero-order chi connectivity index (χ0) is 26.7. The Kier molecular flexibility index (Phi) is 7.44. The number of anilines is 1. The number of hydrogen-bond acceptors (Lipinski definition) is 7. The summed E-state index contributed by atoms with van der Waals surface area (Å²) >= 11 is 6.01. The van der Waals surface area contributed by atoms with E-state index in [-0.39, 0.29) is 22.0 Å². The Hall–Kier alpha value is -3.99. The smallest absolute Gasteiger partial charge is 0.298 e. The lowest BCUT2D eigenvalue weighted by Crippen LogP contribution is -2.12. The number of carbonyl (C=O) groups is 1.